The Morgan fingerprint density at radius 2 is 1.86 bits per heavy atom. The van der Waals surface area contributed by atoms with Crippen molar-refractivity contribution in [3.8, 4) is 0 Å². The first-order chi connectivity index (χ1) is 13.5. The summed E-state index contributed by atoms with van der Waals surface area (Å²) in [5.74, 6) is -1.36. The van der Waals surface area contributed by atoms with Crippen LogP contribution >= 0.6 is 0 Å². The van der Waals surface area contributed by atoms with Gasteiger partial charge in [0.2, 0.25) is 0 Å². The zero-order valence-corrected chi connectivity index (χ0v) is 15.6. The summed E-state index contributed by atoms with van der Waals surface area (Å²) in [6.45, 7) is 1.37. The van der Waals surface area contributed by atoms with Crippen LogP contribution in [0.3, 0.4) is 0 Å². The number of nitro groups is 1. The van der Waals surface area contributed by atoms with Crippen LogP contribution < -0.4 is 5.32 Å². The molecular formula is C21H22N2O5. The largest absolute Gasteiger partial charge is 0.452 e. The second-order valence-corrected chi connectivity index (χ2v) is 6.87. The normalized spacial score (nSPS) is 13.9. The Morgan fingerprint density at radius 1 is 1.14 bits per heavy atom. The number of amides is 1. The molecule has 1 aliphatic rings. The van der Waals surface area contributed by atoms with E-state index >= 15 is 0 Å². The second-order valence-electron chi connectivity index (χ2n) is 6.87. The molecule has 7 nitrogen and oxygen atoms in total. The third-order valence-electron chi connectivity index (χ3n) is 4.91. The Hall–Kier alpha value is -3.22. The molecular weight excluding hydrogens is 360 g/mol. The van der Waals surface area contributed by atoms with Crippen molar-refractivity contribution in [1.82, 2.24) is 5.32 Å². The molecule has 7 heteroatoms. The van der Waals surface area contributed by atoms with Crippen molar-refractivity contribution in [3.05, 3.63) is 74.8 Å². The van der Waals surface area contributed by atoms with Crippen LogP contribution in [0.4, 0.5) is 5.69 Å². The molecule has 1 atom stereocenters. The van der Waals surface area contributed by atoms with Gasteiger partial charge in [0.1, 0.15) is 5.56 Å². The summed E-state index contributed by atoms with van der Waals surface area (Å²) in [6.07, 6.45) is 4.54. The van der Waals surface area contributed by atoms with Crippen molar-refractivity contribution in [1.29, 1.82) is 0 Å². The number of hydrogen-bond acceptors (Lipinski definition) is 5. The number of nitrogens with zero attached hydrogens (tertiary/aromatic N) is 1. The Morgan fingerprint density at radius 3 is 2.61 bits per heavy atom. The zero-order valence-electron chi connectivity index (χ0n) is 15.6. The fourth-order valence-electron chi connectivity index (χ4n) is 3.40. The van der Waals surface area contributed by atoms with Gasteiger partial charge in [0.05, 0.1) is 11.0 Å². The molecule has 146 valence electrons. The number of rotatable bonds is 6. The number of fused-ring (bicyclic) bond motifs is 1. The van der Waals surface area contributed by atoms with Gasteiger partial charge in [-0.1, -0.05) is 30.3 Å². The van der Waals surface area contributed by atoms with Crippen molar-refractivity contribution in [2.75, 3.05) is 6.61 Å². The van der Waals surface area contributed by atoms with Gasteiger partial charge in [-0.15, -0.1) is 0 Å². The Kier molecular flexibility index (Phi) is 6.03. The molecule has 0 spiro atoms. The minimum Gasteiger partial charge on any atom is -0.452 e. The first-order valence-corrected chi connectivity index (χ1v) is 9.27. The SMILES string of the molecule is C[C@@H](NC(=O)COC(=O)c1ccccc1[N+](=O)[O-])c1ccc2c(c1)CCCC2. The van der Waals surface area contributed by atoms with Gasteiger partial charge in [0, 0.05) is 6.07 Å². The van der Waals surface area contributed by atoms with Gasteiger partial charge in [-0.2, -0.15) is 0 Å². The van der Waals surface area contributed by atoms with Crippen molar-refractivity contribution < 1.29 is 19.2 Å². The van der Waals surface area contributed by atoms with E-state index < -0.39 is 23.4 Å². The monoisotopic (exact) mass is 382 g/mol. The smallest absolute Gasteiger partial charge is 0.345 e. The second kappa shape index (κ2) is 8.65. The van der Waals surface area contributed by atoms with Gasteiger partial charge in [-0.25, -0.2) is 4.79 Å². The quantitative estimate of drug-likeness (QED) is 0.468. The lowest BCUT2D eigenvalue weighted by molar-refractivity contribution is -0.385. The average molecular weight is 382 g/mol. The summed E-state index contributed by atoms with van der Waals surface area (Å²) < 4.78 is 4.95. The summed E-state index contributed by atoms with van der Waals surface area (Å²) in [6, 6.07) is 11.5. The van der Waals surface area contributed by atoms with Gasteiger partial charge in [0.15, 0.2) is 6.61 Å². The predicted molar refractivity (Wildman–Crippen MR) is 103 cm³/mol. The minimum atomic E-state index is -0.899. The molecule has 0 unspecified atom stereocenters. The fraction of sp³-hybridized carbons (Fsp3) is 0.333. The molecule has 0 fully saturated rings. The van der Waals surface area contributed by atoms with E-state index in [0.29, 0.717) is 0 Å². The van der Waals surface area contributed by atoms with E-state index in [2.05, 4.69) is 17.4 Å². The molecule has 0 aromatic heterocycles. The standard InChI is InChI=1S/C21H22N2O5/c1-14(16-11-10-15-6-2-3-7-17(15)12-16)22-20(24)13-28-21(25)18-8-4-5-9-19(18)23(26)27/h4-5,8-12,14H,2-3,6-7,13H2,1H3,(H,22,24)/t14-/m1/s1. The van der Waals surface area contributed by atoms with E-state index in [9.17, 15) is 19.7 Å². The molecule has 0 saturated heterocycles. The molecule has 0 saturated carbocycles. The lowest BCUT2D eigenvalue weighted by Gasteiger charge is -2.20. The molecule has 2 aromatic rings. The number of carbonyl (C=O) groups is 2. The highest BCUT2D eigenvalue weighted by atomic mass is 16.6. The zero-order chi connectivity index (χ0) is 20.1. The summed E-state index contributed by atoms with van der Waals surface area (Å²) in [5.41, 5.74) is 3.16. The number of ether oxygens (including phenoxy) is 1. The molecule has 1 aliphatic carbocycles. The van der Waals surface area contributed by atoms with Crippen LogP contribution in [-0.4, -0.2) is 23.4 Å². The van der Waals surface area contributed by atoms with Crippen LogP contribution in [0.1, 0.15) is 52.9 Å². The van der Waals surface area contributed by atoms with Crippen LogP contribution in [0.15, 0.2) is 42.5 Å². The molecule has 0 aliphatic heterocycles. The van der Waals surface area contributed by atoms with Gasteiger partial charge in [-0.3, -0.25) is 14.9 Å². The highest BCUT2D eigenvalue weighted by Gasteiger charge is 2.21. The van der Waals surface area contributed by atoms with E-state index in [1.54, 1.807) is 0 Å². The topological polar surface area (TPSA) is 98.5 Å². The van der Waals surface area contributed by atoms with Crippen LogP contribution in [0.2, 0.25) is 0 Å². The van der Waals surface area contributed by atoms with E-state index in [0.717, 1.165) is 18.4 Å². The summed E-state index contributed by atoms with van der Waals surface area (Å²) in [4.78, 5) is 34.6. The van der Waals surface area contributed by atoms with Gasteiger partial charge in [0.25, 0.3) is 11.6 Å². The number of hydrogen-bond donors (Lipinski definition) is 1. The highest BCUT2D eigenvalue weighted by Crippen LogP contribution is 2.25. The average Bonchev–Trinajstić information content (AvgIpc) is 2.71. The highest BCUT2D eigenvalue weighted by molar-refractivity contribution is 5.95. The van der Waals surface area contributed by atoms with E-state index in [1.165, 1.54) is 48.2 Å². The number of carbonyl (C=O) groups excluding carboxylic acids is 2. The van der Waals surface area contributed by atoms with Gasteiger partial charge in [-0.05, 0) is 55.4 Å². The Balaban J connectivity index is 1.57. The molecule has 2 aromatic carbocycles. The summed E-state index contributed by atoms with van der Waals surface area (Å²) in [5, 5.41) is 13.8. The molecule has 0 bridgehead atoms. The maximum atomic E-state index is 12.1. The summed E-state index contributed by atoms with van der Waals surface area (Å²) >= 11 is 0. The van der Waals surface area contributed by atoms with Crippen LogP contribution in [0.5, 0.6) is 0 Å². The fourth-order valence-corrected chi connectivity index (χ4v) is 3.40. The third-order valence-corrected chi connectivity index (χ3v) is 4.91. The number of aryl methyl sites for hydroxylation is 2. The molecule has 1 N–H and O–H groups in total. The lowest BCUT2D eigenvalue weighted by Crippen LogP contribution is -2.31. The number of para-hydroxylation sites is 1. The first-order valence-electron chi connectivity index (χ1n) is 9.27. The van der Waals surface area contributed by atoms with Crippen molar-refractivity contribution in [2.45, 2.75) is 38.6 Å². The maximum Gasteiger partial charge on any atom is 0.345 e. The third kappa shape index (κ3) is 4.54. The van der Waals surface area contributed by atoms with Crippen LogP contribution in [-0.2, 0) is 22.4 Å². The number of esters is 1. The predicted octanol–water partition coefficient (Wildman–Crippen LogP) is 3.51. The van der Waals surface area contributed by atoms with Gasteiger partial charge >= 0.3 is 5.97 Å². The molecule has 0 heterocycles. The summed E-state index contributed by atoms with van der Waals surface area (Å²) in [7, 11) is 0. The van der Waals surface area contributed by atoms with Crippen molar-refractivity contribution in [2.24, 2.45) is 0 Å². The minimum absolute atomic E-state index is 0.178. The van der Waals surface area contributed by atoms with Crippen LogP contribution in [0.25, 0.3) is 0 Å². The molecule has 3 rings (SSSR count). The van der Waals surface area contributed by atoms with E-state index in [-0.39, 0.29) is 17.3 Å². The van der Waals surface area contributed by atoms with Gasteiger partial charge < -0.3 is 10.1 Å². The van der Waals surface area contributed by atoms with Crippen molar-refractivity contribution >= 4 is 17.6 Å². The molecule has 28 heavy (non-hydrogen) atoms. The molecule has 1 amide bonds. The number of nitrogens with one attached hydrogen (secondary N) is 1. The van der Waals surface area contributed by atoms with E-state index in [1.807, 2.05) is 13.0 Å². The number of nitro benzene ring substituents is 1. The number of benzene rings is 2. The Bertz CT molecular complexity index is 909. The lowest BCUT2D eigenvalue weighted by atomic mass is 9.89. The first kappa shape index (κ1) is 19.5. The van der Waals surface area contributed by atoms with E-state index in [4.69, 9.17) is 4.74 Å². The Labute approximate surface area is 162 Å². The van der Waals surface area contributed by atoms with Crippen molar-refractivity contribution in [3.63, 3.8) is 0 Å². The molecule has 0 radical (unpaired) electrons. The van der Waals surface area contributed by atoms with Crippen LogP contribution in [0, 0.1) is 10.1 Å². The maximum absolute atomic E-state index is 12.1.